The van der Waals surface area contributed by atoms with Gasteiger partial charge in [0.2, 0.25) is 17.7 Å². The maximum Gasteiger partial charge on any atom is 0.329 e. The summed E-state index contributed by atoms with van der Waals surface area (Å²) in [6, 6.07) is 8.00. The number of likely N-dealkylation sites (tertiary alicyclic amines) is 2. The first kappa shape index (κ1) is 42.2. The summed E-state index contributed by atoms with van der Waals surface area (Å²) in [5.41, 5.74) is 1.47. The molecule has 3 rings (SSSR count). The topological polar surface area (TPSA) is 99.3 Å². The number of ether oxygens (including phenoxy) is 1. The van der Waals surface area contributed by atoms with Crippen molar-refractivity contribution in [3.8, 4) is 0 Å². The van der Waals surface area contributed by atoms with Crippen LogP contribution in [0.3, 0.4) is 0 Å². The Labute approximate surface area is 308 Å². The molecule has 2 fully saturated rings. The fraction of sp³-hybridized carbons (Fsp3) is 0.714. The lowest BCUT2D eigenvalue weighted by molar-refractivity contribution is -0.158. The SMILES string of the molecule is CCCCCCCCC[C@H](OC(=O)[C@@H]1CCCN1C(=O)/C(C)=C/[C@H](C(C)C)N(C)C(=O)[C@@H](NC(=O)C1CCCCN1C)C(C)C)c1ccccc1. The van der Waals surface area contributed by atoms with Crippen molar-refractivity contribution in [2.45, 2.75) is 155 Å². The number of piperidine rings is 1. The summed E-state index contributed by atoms with van der Waals surface area (Å²) in [5.74, 6) is -0.950. The zero-order valence-corrected chi connectivity index (χ0v) is 33.0. The summed E-state index contributed by atoms with van der Waals surface area (Å²) in [5, 5.41) is 3.06. The van der Waals surface area contributed by atoms with Crippen molar-refractivity contribution < 1.29 is 23.9 Å². The second-order valence-electron chi connectivity index (χ2n) is 15.7. The lowest BCUT2D eigenvalue weighted by Crippen LogP contribution is -2.57. The molecule has 2 aliphatic heterocycles. The summed E-state index contributed by atoms with van der Waals surface area (Å²) in [4.78, 5) is 60.3. The van der Waals surface area contributed by atoms with Crippen LogP contribution >= 0.6 is 0 Å². The summed E-state index contributed by atoms with van der Waals surface area (Å²) < 4.78 is 6.20. The van der Waals surface area contributed by atoms with Crippen LogP contribution in [-0.2, 0) is 23.9 Å². The van der Waals surface area contributed by atoms with Gasteiger partial charge in [0.15, 0.2) is 0 Å². The van der Waals surface area contributed by atoms with Crippen LogP contribution in [0.5, 0.6) is 0 Å². The average Bonchev–Trinajstić information content (AvgIpc) is 3.61. The summed E-state index contributed by atoms with van der Waals surface area (Å²) >= 11 is 0. The van der Waals surface area contributed by atoms with Crippen LogP contribution in [0.25, 0.3) is 0 Å². The van der Waals surface area contributed by atoms with E-state index in [2.05, 4.69) is 17.1 Å². The number of nitrogens with zero attached hydrogens (tertiary/aromatic N) is 3. The predicted octanol–water partition coefficient (Wildman–Crippen LogP) is 7.46. The van der Waals surface area contributed by atoms with Gasteiger partial charge in [0, 0.05) is 19.2 Å². The first-order valence-corrected chi connectivity index (χ1v) is 19.9. The molecule has 9 nitrogen and oxygen atoms in total. The lowest BCUT2D eigenvalue weighted by atomic mass is 9.96. The molecule has 5 atom stereocenters. The van der Waals surface area contributed by atoms with Crippen molar-refractivity contribution in [2.75, 3.05) is 27.2 Å². The summed E-state index contributed by atoms with van der Waals surface area (Å²) in [6.07, 6.45) is 14.7. The molecule has 1 aromatic rings. The smallest absolute Gasteiger partial charge is 0.329 e. The maximum atomic E-state index is 14.0. The van der Waals surface area contributed by atoms with Gasteiger partial charge in [-0.05, 0) is 76.4 Å². The molecule has 0 radical (unpaired) electrons. The van der Waals surface area contributed by atoms with Crippen LogP contribution in [0.2, 0.25) is 0 Å². The Hall–Kier alpha value is -3.20. The largest absolute Gasteiger partial charge is 0.456 e. The van der Waals surface area contributed by atoms with E-state index in [0.717, 1.165) is 57.1 Å². The Balaban J connectivity index is 1.69. The number of carbonyl (C=O) groups is 4. The van der Waals surface area contributed by atoms with Crippen molar-refractivity contribution in [1.82, 2.24) is 20.0 Å². The number of hydrogen-bond donors (Lipinski definition) is 1. The zero-order valence-electron chi connectivity index (χ0n) is 33.0. The third kappa shape index (κ3) is 12.5. The highest BCUT2D eigenvalue weighted by Crippen LogP contribution is 2.29. The number of hydrogen-bond acceptors (Lipinski definition) is 6. The molecule has 1 unspecified atom stereocenters. The van der Waals surface area contributed by atoms with E-state index in [0.29, 0.717) is 18.5 Å². The fourth-order valence-corrected chi connectivity index (χ4v) is 7.56. The monoisotopic (exact) mass is 709 g/mol. The van der Waals surface area contributed by atoms with Gasteiger partial charge >= 0.3 is 5.97 Å². The lowest BCUT2D eigenvalue weighted by Gasteiger charge is -2.36. The Morgan fingerprint density at radius 1 is 0.882 bits per heavy atom. The van der Waals surface area contributed by atoms with Crippen LogP contribution in [-0.4, -0.2) is 89.7 Å². The number of carbonyl (C=O) groups excluding carboxylic acids is 4. The van der Waals surface area contributed by atoms with E-state index in [1.165, 1.54) is 32.1 Å². The van der Waals surface area contributed by atoms with E-state index < -0.39 is 12.1 Å². The third-order valence-electron chi connectivity index (χ3n) is 10.8. The third-order valence-corrected chi connectivity index (χ3v) is 10.8. The number of esters is 1. The molecule has 0 spiro atoms. The van der Waals surface area contributed by atoms with Crippen LogP contribution in [0.15, 0.2) is 42.0 Å². The summed E-state index contributed by atoms with van der Waals surface area (Å²) in [6.45, 7) is 13.3. The van der Waals surface area contributed by atoms with Crippen LogP contribution in [0, 0.1) is 11.8 Å². The van der Waals surface area contributed by atoms with Gasteiger partial charge in [-0.2, -0.15) is 0 Å². The quantitative estimate of drug-likeness (QED) is 0.0911. The number of amides is 3. The van der Waals surface area contributed by atoms with Crippen LogP contribution < -0.4 is 5.32 Å². The molecule has 0 aromatic heterocycles. The molecule has 51 heavy (non-hydrogen) atoms. The maximum absolute atomic E-state index is 14.0. The van der Waals surface area contributed by atoms with E-state index in [1.807, 2.05) is 71.2 Å². The Morgan fingerprint density at radius 2 is 1.53 bits per heavy atom. The molecule has 0 bridgehead atoms. The highest BCUT2D eigenvalue weighted by atomic mass is 16.5. The molecule has 1 N–H and O–H groups in total. The zero-order chi connectivity index (χ0) is 37.5. The standard InChI is InChI=1S/C42H68N4O5/c1-9-10-11-12-13-14-18-26-37(33-22-16-15-17-23-33)51-42(50)35-25-21-28-46(35)40(48)32(6)29-36(30(2)3)45(8)41(49)38(31(4)5)43-39(47)34-24-19-20-27-44(34)7/h15-17,22-23,29-31,34-38H,9-14,18-21,24-28H2,1-8H3,(H,43,47)/b32-29+/t34?,35-,36+,37-,38-/m0/s1. The van der Waals surface area contributed by atoms with E-state index in [1.54, 1.807) is 23.8 Å². The number of rotatable bonds is 19. The number of likely N-dealkylation sites (N-methyl/N-ethyl adjacent to an activating group) is 2. The van der Waals surface area contributed by atoms with Crippen LogP contribution in [0.1, 0.15) is 137 Å². The molecule has 2 saturated heterocycles. The molecular formula is C42H68N4O5. The minimum absolute atomic E-state index is 0.00677. The molecule has 286 valence electrons. The van der Waals surface area contributed by atoms with Gasteiger partial charge in [-0.15, -0.1) is 0 Å². The van der Waals surface area contributed by atoms with Crippen molar-refractivity contribution in [3.05, 3.63) is 47.5 Å². The molecule has 0 saturated carbocycles. The molecule has 9 heteroatoms. The molecule has 2 aliphatic rings. The van der Waals surface area contributed by atoms with Gasteiger partial charge in [-0.1, -0.05) is 116 Å². The second kappa shape index (κ2) is 21.4. The molecule has 3 amide bonds. The Kier molecular flexibility index (Phi) is 17.7. The van der Waals surface area contributed by atoms with E-state index in [9.17, 15) is 19.2 Å². The summed E-state index contributed by atoms with van der Waals surface area (Å²) in [7, 11) is 3.71. The Bertz CT molecular complexity index is 1280. The molecule has 2 heterocycles. The first-order valence-electron chi connectivity index (χ1n) is 19.9. The van der Waals surface area contributed by atoms with Crippen molar-refractivity contribution in [3.63, 3.8) is 0 Å². The van der Waals surface area contributed by atoms with Crippen LogP contribution in [0.4, 0.5) is 0 Å². The average molecular weight is 709 g/mol. The predicted molar refractivity (Wildman–Crippen MR) is 205 cm³/mol. The fourth-order valence-electron chi connectivity index (χ4n) is 7.56. The van der Waals surface area contributed by atoms with Gasteiger partial charge in [0.25, 0.3) is 0 Å². The highest BCUT2D eigenvalue weighted by Gasteiger charge is 2.38. The van der Waals surface area contributed by atoms with Gasteiger partial charge in [0.05, 0.1) is 12.1 Å². The van der Waals surface area contributed by atoms with Crippen molar-refractivity contribution in [2.24, 2.45) is 11.8 Å². The minimum atomic E-state index is -0.681. The van der Waals surface area contributed by atoms with Crippen molar-refractivity contribution in [1.29, 1.82) is 0 Å². The normalized spacial score (nSPS) is 20.3. The highest BCUT2D eigenvalue weighted by molar-refractivity contribution is 5.96. The number of nitrogens with one attached hydrogen (secondary N) is 1. The van der Waals surface area contributed by atoms with E-state index >= 15 is 0 Å². The number of unbranched alkanes of at least 4 members (excludes halogenated alkanes) is 6. The second-order valence-corrected chi connectivity index (χ2v) is 15.7. The van der Waals surface area contributed by atoms with Crippen molar-refractivity contribution >= 4 is 23.7 Å². The van der Waals surface area contributed by atoms with Gasteiger partial charge in [0.1, 0.15) is 18.2 Å². The van der Waals surface area contributed by atoms with Gasteiger partial charge in [-0.3, -0.25) is 19.3 Å². The minimum Gasteiger partial charge on any atom is -0.456 e. The molecular weight excluding hydrogens is 640 g/mol. The van der Waals surface area contributed by atoms with E-state index in [4.69, 9.17) is 4.74 Å². The first-order chi connectivity index (χ1) is 24.4. The molecule has 0 aliphatic carbocycles. The Morgan fingerprint density at radius 3 is 2.16 bits per heavy atom. The van der Waals surface area contributed by atoms with Gasteiger partial charge in [-0.25, -0.2) is 4.79 Å². The van der Waals surface area contributed by atoms with E-state index in [-0.39, 0.29) is 53.7 Å². The molecule has 1 aromatic carbocycles. The number of benzene rings is 1. The van der Waals surface area contributed by atoms with Gasteiger partial charge < -0.3 is 19.9 Å².